The Balaban J connectivity index is 2.42. The summed E-state index contributed by atoms with van der Waals surface area (Å²) in [5.41, 5.74) is 3.12. The van der Waals surface area contributed by atoms with Crippen molar-refractivity contribution in [3.05, 3.63) is 70.7 Å². The molecule has 0 aliphatic heterocycles. The summed E-state index contributed by atoms with van der Waals surface area (Å²) in [6.45, 7) is 3.89. The number of aromatic hydroxyl groups is 1. The molecule has 0 fully saturated rings. The summed E-state index contributed by atoms with van der Waals surface area (Å²) < 4.78 is 13.9. The lowest BCUT2D eigenvalue weighted by atomic mass is 9.98. The van der Waals surface area contributed by atoms with E-state index in [0.717, 1.165) is 16.4 Å². The van der Waals surface area contributed by atoms with Gasteiger partial charge in [-0.1, -0.05) is 85.6 Å². The maximum atomic E-state index is 13.9. The molecule has 0 bridgehead atoms. The third kappa shape index (κ3) is 3.80. The van der Waals surface area contributed by atoms with Gasteiger partial charge in [-0.25, -0.2) is 0 Å². The molecular weight excluding hydrogens is 398 g/mol. The Morgan fingerprint density at radius 2 is 1.48 bits per heavy atom. The first-order valence-corrected chi connectivity index (χ1v) is 11.7. The molecule has 0 saturated heterocycles. The maximum absolute atomic E-state index is 13.9. The molecular formula is C22H21Cl2O2P. The van der Waals surface area contributed by atoms with E-state index < -0.39 is 7.14 Å². The van der Waals surface area contributed by atoms with Crippen LogP contribution in [0.5, 0.6) is 5.75 Å². The van der Waals surface area contributed by atoms with E-state index in [9.17, 15) is 9.67 Å². The molecule has 3 rings (SSSR count). The van der Waals surface area contributed by atoms with Gasteiger partial charge in [0.2, 0.25) is 0 Å². The number of phenolic OH excluding ortho intramolecular Hbond substituents is 1. The maximum Gasteiger partial charge on any atom is 0.142 e. The van der Waals surface area contributed by atoms with Gasteiger partial charge in [-0.2, -0.15) is 0 Å². The highest BCUT2D eigenvalue weighted by atomic mass is 35.5. The van der Waals surface area contributed by atoms with Crippen molar-refractivity contribution in [3.8, 4) is 28.0 Å². The molecule has 3 aromatic rings. The molecule has 0 aliphatic rings. The van der Waals surface area contributed by atoms with E-state index in [1.165, 1.54) is 6.07 Å². The van der Waals surface area contributed by atoms with E-state index in [0.29, 0.717) is 28.5 Å². The molecule has 0 unspecified atom stereocenters. The molecule has 0 heterocycles. The summed E-state index contributed by atoms with van der Waals surface area (Å²) >= 11 is 12.4. The second-order valence-corrected chi connectivity index (χ2v) is 10.7. The van der Waals surface area contributed by atoms with Gasteiger partial charge < -0.3 is 9.67 Å². The summed E-state index contributed by atoms with van der Waals surface area (Å²) in [7, 11) is -2.69. The highest BCUT2D eigenvalue weighted by molar-refractivity contribution is 7.72. The lowest BCUT2D eigenvalue weighted by molar-refractivity contribution is 0.477. The third-order valence-corrected chi connectivity index (χ3v) is 8.71. The molecule has 140 valence electrons. The quantitative estimate of drug-likeness (QED) is 0.450. The molecule has 0 radical (unpaired) electrons. The first kappa shape index (κ1) is 20.0. The topological polar surface area (TPSA) is 37.3 Å². The van der Waals surface area contributed by atoms with Gasteiger partial charge in [0, 0.05) is 28.2 Å². The highest BCUT2D eigenvalue weighted by Gasteiger charge is 2.29. The molecule has 2 nitrogen and oxygen atoms in total. The Morgan fingerprint density at radius 3 is 2.11 bits per heavy atom. The normalized spacial score (nSPS) is 11.6. The number of phenols is 1. The SMILES string of the molecule is CCP(=O)(CC)c1c(-c2ccccc2)cccc1-c1cc(Cl)cc(Cl)c1O. The monoisotopic (exact) mass is 418 g/mol. The minimum Gasteiger partial charge on any atom is -0.506 e. The number of benzene rings is 3. The van der Waals surface area contributed by atoms with Crippen LogP contribution in [0.4, 0.5) is 0 Å². The zero-order valence-corrected chi connectivity index (χ0v) is 17.7. The van der Waals surface area contributed by atoms with Crippen LogP contribution in [0.2, 0.25) is 10.0 Å². The van der Waals surface area contributed by atoms with Crippen LogP contribution >= 0.6 is 30.3 Å². The van der Waals surface area contributed by atoms with E-state index in [-0.39, 0.29) is 10.8 Å². The third-order valence-electron chi connectivity index (χ3n) is 4.87. The minimum absolute atomic E-state index is 0.0497. The van der Waals surface area contributed by atoms with Gasteiger partial charge in [0.1, 0.15) is 12.9 Å². The van der Waals surface area contributed by atoms with E-state index in [1.54, 1.807) is 6.07 Å². The molecule has 3 aromatic carbocycles. The van der Waals surface area contributed by atoms with E-state index in [2.05, 4.69) is 0 Å². The van der Waals surface area contributed by atoms with Gasteiger partial charge >= 0.3 is 0 Å². The highest BCUT2D eigenvalue weighted by Crippen LogP contribution is 2.50. The fraction of sp³-hybridized carbons (Fsp3) is 0.182. The average Bonchev–Trinajstić information content (AvgIpc) is 2.70. The molecule has 0 saturated carbocycles. The van der Waals surface area contributed by atoms with Gasteiger partial charge in [0.15, 0.2) is 0 Å². The van der Waals surface area contributed by atoms with E-state index >= 15 is 0 Å². The van der Waals surface area contributed by atoms with Crippen LogP contribution in [0.3, 0.4) is 0 Å². The average molecular weight is 419 g/mol. The zero-order chi connectivity index (χ0) is 19.6. The Labute approximate surface area is 170 Å². The number of hydrogen-bond donors (Lipinski definition) is 1. The number of rotatable bonds is 5. The summed E-state index contributed by atoms with van der Waals surface area (Å²) in [4.78, 5) is 0. The van der Waals surface area contributed by atoms with Crippen LogP contribution in [0.25, 0.3) is 22.3 Å². The molecule has 0 amide bonds. The lowest BCUT2D eigenvalue weighted by Crippen LogP contribution is -2.15. The van der Waals surface area contributed by atoms with Crippen LogP contribution in [0, 0.1) is 0 Å². The molecule has 0 aromatic heterocycles. The van der Waals surface area contributed by atoms with Gasteiger partial charge in [-0.3, -0.25) is 0 Å². The van der Waals surface area contributed by atoms with Crippen molar-refractivity contribution in [1.29, 1.82) is 0 Å². The first-order chi connectivity index (χ1) is 12.9. The fourth-order valence-corrected chi connectivity index (χ4v) is 6.21. The summed E-state index contributed by atoms with van der Waals surface area (Å²) in [6, 6.07) is 18.8. The summed E-state index contributed by atoms with van der Waals surface area (Å²) in [6.07, 6.45) is 1.07. The van der Waals surface area contributed by atoms with E-state index in [1.807, 2.05) is 62.4 Å². The van der Waals surface area contributed by atoms with Crippen LogP contribution in [-0.2, 0) is 4.57 Å². The van der Waals surface area contributed by atoms with Gasteiger partial charge in [-0.15, -0.1) is 0 Å². The second-order valence-electron chi connectivity index (χ2n) is 6.37. The molecule has 0 spiro atoms. The standard InChI is InChI=1S/C22H21Cl2O2P/c1-3-27(26,4-2)22-17(15-9-6-5-7-10-15)11-8-12-18(22)19-13-16(23)14-20(24)21(19)25/h5-14,25H,3-4H2,1-2H3. The van der Waals surface area contributed by atoms with Crippen LogP contribution in [0.1, 0.15) is 13.8 Å². The molecule has 27 heavy (non-hydrogen) atoms. The van der Waals surface area contributed by atoms with Crippen LogP contribution in [-0.4, -0.2) is 17.4 Å². The predicted molar refractivity (Wildman–Crippen MR) is 117 cm³/mol. The van der Waals surface area contributed by atoms with Crippen molar-refractivity contribution in [2.75, 3.05) is 12.3 Å². The Kier molecular flexibility index (Phi) is 6.01. The van der Waals surface area contributed by atoms with E-state index in [4.69, 9.17) is 23.2 Å². The lowest BCUT2D eigenvalue weighted by Gasteiger charge is -2.23. The molecule has 1 N–H and O–H groups in total. The number of halogens is 2. The molecule has 5 heteroatoms. The summed E-state index contributed by atoms with van der Waals surface area (Å²) in [5.74, 6) is -0.0497. The molecule has 0 atom stereocenters. The minimum atomic E-state index is -2.69. The van der Waals surface area contributed by atoms with Crippen molar-refractivity contribution in [2.45, 2.75) is 13.8 Å². The fourth-order valence-electron chi connectivity index (χ4n) is 3.36. The summed E-state index contributed by atoms with van der Waals surface area (Å²) in [5, 5.41) is 12.0. The van der Waals surface area contributed by atoms with Gasteiger partial charge in [0.05, 0.1) is 5.02 Å². The van der Waals surface area contributed by atoms with Crippen LogP contribution < -0.4 is 5.30 Å². The van der Waals surface area contributed by atoms with Gasteiger partial charge in [-0.05, 0) is 28.8 Å². The van der Waals surface area contributed by atoms with Crippen molar-refractivity contribution < 1.29 is 9.67 Å². The second kappa shape index (κ2) is 8.10. The Bertz CT molecular complexity index is 1010. The molecule has 0 aliphatic carbocycles. The largest absolute Gasteiger partial charge is 0.506 e. The van der Waals surface area contributed by atoms with Crippen molar-refractivity contribution >= 4 is 35.6 Å². The first-order valence-electron chi connectivity index (χ1n) is 8.86. The zero-order valence-electron chi connectivity index (χ0n) is 15.2. The van der Waals surface area contributed by atoms with Gasteiger partial charge in [0.25, 0.3) is 0 Å². The smallest absolute Gasteiger partial charge is 0.142 e. The van der Waals surface area contributed by atoms with Crippen molar-refractivity contribution in [3.63, 3.8) is 0 Å². The Morgan fingerprint density at radius 1 is 0.852 bits per heavy atom. The van der Waals surface area contributed by atoms with Crippen molar-refractivity contribution in [1.82, 2.24) is 0 Å². The number of hydrogen-bond acceptors (Lipinski definition) is 2. The Hall–Kier alpha value is -1.73. The predicted octanol–water partition coefficient (Wildman–Crippen LogP) is 7.06. The van der Waals surface area contributed by atoms with Crippen LogP contribution in [0.15, 0.2) is 60.7 Å². The van der Waals surface area contributed by atoms with Crippen molar-refractivity contribution in [2.24, 2.45) is 0 Å².